The number of carbonyl (C=O) groups excluding carboxylic acids is 2. The van der Waals surface area contributed by atoms with E-state index in [1.165, 1.54) is 6.92 Å². The highest BCUT2D eigenvalue weighted by atomic mass is 16.5. The average molecular weight is 417 g/mol. The van der Waals surface area contributed by atoms with Crippen molar-refractivity contribution < 1.29 is 14.3 Å². The minimum atomic E-state index is -0.343. The number of pyridine rings is 1. The van der Waals surface area contributed by atoms with Gasteiger partial charge in [-0.15, -0.1) is 0 Å². The summed E-state index contributed by atoms with van der Waals surface area (Å²) in [6, 6.07) is 19.4. The number of ether oxygens (including phenoxy) is 1. The number of methoxy groups -OCH3 is 1. The molecule has 0 atom stereocenters. The van der Waals surface area contributed by atoms with Gasteiger partial charge in [-0.25, -0.2) is 4.99 Å². The van der Waals surface area contributed by atoms with Crippen LogP contribution in [0.15, 0.2) is 77.9 Å². The number of anilines is 2. The van der Waals surface area contributed by atoms with E-state index in [0.717, 1.165) is 5.69 Å². The molecule has 0 bridgehead atoms. The molecular formula is C23H23N5O3. The SMILES string of the molecule is COc1cccc(NC(=NCc2ccccn2)NC(=O)c2ccc(NC(C)=O)cc2)c1. The van der Waals surface area contributed by atoms with Gasteiger partial charge in [0.1, 0.15) is 5.75 Å². The molecule has 31 heavy (non-hydrogen) atoms. The smallest absolute Gasteiger partial charge is 0.257 e. The second-order valence-corrected chi connectivity index (χ2v) is 6.56. The number of hydrogen-bond donors (Lipinski definition) is 3. The second kappa shape index (κ2) is 10.5. The van der Waals surface area contributed by atoms with Crippen LogP contribution in [0.1, 0.15) is 23.0 Å². The lowest BCUT2D eigenvalue weighted by Gasteiger charge is -2.13. The van der Waals surface area contributed by atoms with E-state index >= 15 is 0 Å². The number of carbonyl (C=O) groups is 2. The zero-order valence-corrected chi connectivity index (χ0v) is 17.3. The van der Waals surface area contributed by atoms with Crippen LogP contribution >= 0.6 is 0 Å². The lowest BCUT2D eigenvalue weighted by atomic mass is 10.2. The van der Waals surface area contributed by atoms with Crippen LogP contribution < -0.4 is 20.7 Å². The van der Waals surface area contributed by atoms with Gasteiger partial charge >= 0.3 is 0 Å². The summed E-state index contributed by atoms with van der Waals surface area (Å²) in [4.78, 5) is 32.6. The van der Waals surface area contributed by atoms with Crippen molar-refractivity contribution in [1.29, 1.82) is 0 Å². The molecule has 0 spiro atoms. The first-order chi connectivity index (χ1) is 15.0. The molecule has 0 aliphatic carbocycles. The number of guanidine groups is 1. The molecule has 0 aliphatic heterocycles. The predicted octanol–water partition coefficient (Wildman–Crippen LogP) is 3.45. The minimum Gasteiger partial charge on any atom is -0.497 e. The molecule has 1 aromatic heterocycles. The Morgan fingerprint density at radius 1 is 0.968 bits per heavy atom. The van der Waals surface area contributed by atoms with E-state index < -0.39 is 0 Å². The summed E-state index contributed by atoms with van der Waals surface area (Å²) in [7, 11) is 1.58. The Labute approximate surface area is 180 Å². The van der Waals surface area contributed by atoms with Crippen LogP contribution in [0.25, 0.3) is 0 Å². The van der Waals surface area contributed by atoms with Gasteiger partial charge in [-0.2, -0.15) is 0 Å². The monoisotopic (exact) mass is 417 g/mol. The Kier molecular flexibility index (Phi) is 7.31. The topological polar surface area (TPSA) is 105 Å². The number of nitrogens with zero attached hydrogens (tertiary/aromatic N) is 2. The van der Waals surface area contributed by atoms with Gasteiger partial charge in [0.15, 0.2) is 0 Å². The lowest BCUT2D eigenvalue weighted by molar-refractivity contribution is -0.114. The molecule has 3 N–H and O–H groups in total. The van der Waals surface area contributed by atoms with Gasteiger partial charge in [0.05, 0.1) is 19.3 Å². The molecule has 2 aromatic carbocycles. The fourth-order valence-electron chi connectivity index (χ4n) is 2.69. The van der Waals surface area contributed by atoms with Crippen molar-refractivity contribution in [1.82, 2.24) is 10.3 Å². The summed E-state index contributed by atoms with van der Waals surface area (Å²) in [6.45, 7) is 1.71. The number of aliphatic imine (C=N–C) groups is 1. The van der Waals surface area contributed by atoms with Gasteiger partial charge in [-0.1, -0.05) is 12.1 Å². The van der Waals surface area contributed by atoms with E-state index in [1.807, 2.05) is 36.4 Å². The molecule has 8 heteroatoms. The van der Waals surface area contributed by atoms with Crippen LogP contribution in [0.2, 0.25) is 0 Å². The van der Waals surface area contributed by atoms with E-state index in [9.17, 15) is 9.59 Å². The lowest BCUT2D eigenvalue weighted by Crippen LogP contribution is -2.36. The molecule has 0 unspecified atom stereocenters. The molecule has 0 fully saturated rings. The van der Waals surface area contributed by atoms with Gasteiger partial charge in [0.25, 0.3) is 5.91 Å². The highest BCUT2D eigenvalue weighted by molar-refractivity contribution is 6.10. The molecule has 8 nitrogen and oxygen atoms in total. The Hall–Kier alpha value is -4.20. The van der Waals surface area contributed by atoms with Gasteiger partial charge in [0.2, 0.25) is 11.9 Å². The maximum Gasteiger partial charge on any atom is 0.257 e. The van der Waals surface area contributed by atoms with Gasteiger partial charge < -0.3 is 15.4 Å². The third kappa shape index (κ3) is 6.67. The van der Waals surface area contributed by atoms with Crippen LogP contribution in [0, 0.1) is 0 Å². The summed E-state index contributed by atoms with van der Waals surface area (Å²) >= 11 is 0. The third-order valence-corrected chi connectivity index (χ3v) is 4.16. The number of aromatic nitrogens is 1. The second-order valence-electron chi connectivity index (χ2n) is 6.56. The summed E-state index contributed by atoms with van der Waals surface area (Å²) in [6.07, 6.45) is 1.69. The predicted molar refractivity (Wildman–Crippen MR) is 120 cm³/mol. The van der Waals surface area contributed by atoms with Gasteiger partial charge in [-0.05, 0) is 48.5 Å². The van der Waals surface area contributed by atoms with E-state index in [1.54, 1.807) is 43.6 Å². The zero-order chi connectivity index (χ0) is 22.1. The molecule has 158 valence electrons. The number of benzene rings is 2. The largest absolute Gasteiger partial charge is 0.497 e. The van der Waals surface area contributed by atoms with Gasteiger partial charge in [-0.3, -0.25) is 19.9 Å². The summed E-state index contributed by atoms with van der Waals surface area (Å²) in [5.41, 5.74) is 2.51. The fraction of sp³-hybridized carbons (Fsp3) is 0.130. The molecule has 3 aromatic rings. The number of amides is 2. The van der Waals surface area contributed by atoms with Crippen molar-refractivity contribution in [2.75, 3.05) is 17.7 Å². The number of hydrogen-bond acceptors (Lipinski definition) is 5. The van der Waals surface area contributed by atoms with E-state index in [0.29, 0.717) is 22.7 Å². The van der Waals surface area contributed by atoms with Crippen molar-refractivity contribution in [2.45, 2.75) is 13.5 Å². The Morgan fingerprint density at radius 3 is 2.45 bits per heavy atom. The Bertz CT molecular complexity index is 1070. The average Bonchev–Trinajstić information content (AvgIpc) is 2.78. The van der Waals surface area contributed by atoms with Crippen molar-refractivity contribution in [3.63, 3.8) is 0 Å². The highest BCUT2D eigenvalue weighted by Gasteiger charge is 2.10. The molecule has 0 radical (unpaired) electrons. The van der Waals surface area contributed by atoms with Crippen LogP contribution in [-0.4, -0.2) is 29.9 Å². The number of rotatable bonds is 6. The Balaban J connectivity index is 1.77. The van der Waals surface area contributed by atoms with E-state index in [4.69, 9.17) is 4.74 Å². The first-order valence-electron chi connectivity index (χ1n) is 9.58. The van der Waals surface area contributed by atoms with E-state index in [2.05, 4.69) is 25.9 Å². The van der Waals surface area contributed by atoms with Crippen molar-refractivity contribution in [3.05, 3.63) is 84.2 Å². The maximum absolute atomic E-state index is 12.8. The number of nitrogens with one attached hydrogen (secondary N) is 3. The first kappa shape index (κ1) is 21.5. The fourth-order valence-corrected chi connectivity index (χ4v) is 2.69. The quantitative estimate of drug-likeness (QED) is 0.421. The zero-order valence-electron chi connectivity index (χ0n) is 17.3. The van der Waals surface area contributed by atoms with Crippen molar-refractivity contribution >= 4 is 29.1 Å². The standard InChI is InChI=1S/C23H23N5O3/c1-16(29)26-18-11-9-17(10-12-18)22(30)28-23(25-15-20-6-3-4-13-24-20)27-19-7-5-8-21(14-19)31-2/h3-14H,15H2,1-2H3,(H,26,29)(H2,25,27,28,30). The molecule has 1 heterocycles. The summed E-state index contributed by atoms with van der Waals surface area (Å²) in [5, 5.41) is 8.58. The van der Waals surface area contributed by atoms with Crippen LogP contribution in [0.5, 0.6) is 5.75 Å². The third-order valence-electron chi connectivity index (χ3n) is 4.16. The van der Waals surface area contributed by atoms with E-state index in [-0.39, 0.29) is 24.3 Å². The normalized spacial score (nSPS) is 10.8. The minimum absolute atomic E-state index is 0.177. The van der Waals surface area contributed by atoms with Gasteiger partial charge in [0, 0.05) is 36.1 Å². The van der Waals surface area contributed by atoms with Crippen LogP contribution in [0.3, 0.4) is 0 Å². The molecule has 2 amide bonds. The molecule has 0 saturated heterocycles. The van der Waals surface area contributed by atoms with Crippen molar-refractivity contribution in [2.24, 2.45) is 4.99 Å². The molecular weight excluding hydrogens is 394 g/mol. The maximum atomic E-state index is 12.8. The summed E-state index contributed by atoms with van der Waals surface area (Å²) < 4.78 is 5.25. The molecule has 0 aliphatic rings. The van der Waals surface area contributed by atoms with Crippen LogP contribution in [0.4, 0.5) is 11.4 Å². The van der Waals surface area contributed by atoms with Crippen molar-refractivity contribution in [3.8, 4) is 5.75 Å². The molecule has 0 saturated carbocycles. The first-order valence-corrected chi connectivity index (χ1v) is 9.58. The Morgan fingerprint density at radius 2 is 1.77 bits per heavy atom. The highest BCUT2D eigenvalue weighted by Crippen LogP contribution is 2.17. The van der Waals surface area contributed by atoms with Crippen LogP contribution in [-0.2, 0) is 11.3 Å². The summed E-state index contributed by atoms with van der Waals surface area (Å²) in [5.74, 6) is 0.428. The molecule has 3 rings (SSSR count).